The van der Waals surface area contributed by atoms with Crippen LogP contribution in [0.5, 0.6) is 0 Å². The van der Waals surface area contributed by atoms with Crippen molar-refractivity contribution in [3.05, 3.63) is 45.6 Å². The van der Waals surface area contributed by atoms with E-state index in [4.69, 9.17) is 5.73 Å². The van der Waals surface area contributed by atoms with Crippen molar-refractivity contribution in [2.45, 2.75) is 26.7 Å². The van der Waals surface area contributed by atoms with E-state index in [1.165, 1.54) is 16.8 Å². The fourth-order valence-electron chi connectivity index (χ4n) is 2.33. The van der Waals surface area contributed by atoms with E-state index in [1.54, 1.807) is 24.7 Å². The average Bonchev–Trinajstić information content (AvgIpc) is 2.55. The van der Waals surface area contributed by atoms with Crippen LogP contribution in [0.4, 0.5) is 10.1 Å². The number of aryl methyl sites for hydroxylation is 1. The first-order chi connectivity index (χ1) is 8.97. The topological polar surface area (TPSA) is 53.0 Å². The van der Waals surface area contributed by atoms with Gasteiger partial charge >= 0.3 is 0 Å². The van der Waals surface area contributed by atoms with Crippen LogP contribution in [0, 0.1) is 12.7 Å². The molecule has 2 aromatic rings. The molecule has 2 rings (SSSR count). The summed E-state index contributed by atoms with van der Waals surface area (Å²) in [4.78, 5) is 12.2. The summed E-state index contributed by atoms with van der Waals surface area (Å²) < 4.78 is 16.4. The van der Waals surface area contributed by atoms with Crippen molar-refractivity contribution in [2.24, 2.45) is 7.05 Å². The minimum atomic E-state index is -0.315. The van der Waals surface area contributed by atoms with E-state index in [1.807, 2.05) is 6.92 Å². The van der Waals surface area contributed by atoms with Crippen LogP contribution in [0.1, 0.15) is 24.6 Å². The molecule has 0 amide bonds. The monoisotopic (exact) mass is 263 g/mol. The van der Waals surface area contributed by atoms with Crippen LogP contribution in [0.3, 0.4) is 0 Å². The SMILES string of the molecule is CCCc1c(N)c(=O)n(-c2ccc(F)cc2C)n1C. The number of nitrogen functional groups attached to an aromatic ring is 1. The largest absolute Gasteiger partial charge is 0.393 e. The van der Waals surface area contributed by atoms with Gasteiger partial charge in [-0.25, -0.2) is 9.07 Å². The van der Waals surface area contributed by atoms with Crippen LogP contribution >= 0.6 is 0 Å². The van der Waals surface area contributed by atoms with Gasteiger partial charge in [0.1, 0.15) is 11.5 Å². The van der Waals surface area contributed by atoms with Crippen LogP contribution in [0.25, 0.3) is 5.69 Å². The summed E-state index contributed by atoms with van der Waals surface area (Å²) in [6.45, 7) is 3.80. The summed E-state index contributed by atoms with van der Waals surface area (Å²) in [7, 11) is 1.80. The van der Waals surface area contributed by atoms with Crippen molar-refractivity contribution in [3.8, 4) is 5.69 Å². The molecule has 0 aliphatic heterocycles. The van der Waals surface area contributed by atoms with Crippen molar-refractivity contribution < 1.29 is 4.39 Å². The van der Waals surface area contributed by atoms with Crippen LogP contribution in [-0.4, -0.2) is 9.36 Å². The van der Waals surface area contributed by atoms with E-state index < -0.39 is 0 Å². The van der Waals surface area contributed by atoms with Gasteiger partial charge in [-0.2, -0.15) is 0 Å². The van der Waals surface area contributed by atoms with Gasteiger partial charge in [-0.15, -0.1) is 0 Å². The molecular formula is C14H18FN3O. The molecule has 1 aromatic carbocycles. The minimum Gasteiger partial charge on any atom is -0.393 e. The Balaban J connectivity index is 2.69. The second-order valence-corrected chi connectivity index (χ2v) is 4.68. The molecule has 4 nitrogen and oxygen atoms in total. The average molecular weight is 263 g/mol. The molecule has 0 aliphatic rings. The van der Waals surface area contributed by atoms with E-state index in [0.717, 1.165) is 18.5 Å². The van der Waals surface area contributed by atoms with Gasteiger partial charge in [0.25, 0.3) is 5.56 Å². The second kappa shape index (κ2) is 4.91. The lowest BCUT2D eigenvalue weighted by Gasteiger charge is -2.12. The summed E-state index contributed by atoms with van der Waals surface area (Å²) in [5.74, 6) is -0.315. The molecule has 0 bridgehead atoms. The molecule has 0 saturated carbocycles. The normalized spacial score (nSPS) is 10.9. The Morgan fingerprint density at radius 3 is 2.63 bits per heavy atom. The Hall–Kier alpha value is -2.04. The molecule has 0 saturated heterocycles. The zero-order chi connectivity index (χ0) is 14.2. The van der Waals surface area contributed by atoms with Crippen LogP contribution in [0.2, 0.25) is 0 Å². The zero-order valence-electron chi connectivity index (χ0n) is 11.4. The highest BCUT2D eigenvalue weighted by Gasteiger charge is 2.17. The molecule has 0 radical (unpaired) electrons. The molecule has 0 spiro atoms. The Kier molecular flexibility index (Phi) is 3.46. The highest BCUT2D eigenvalue weighted by atomic mass is 19.1. The predicted octanol–water partition coefficient (Wildman–Crippen LogP) is 2.16. The molecule has 0 aliphatic carbocycles. The van der Waals surface area contributed by atoms with Gasteiger partial charge in [-0.1, -0.05) is 13.3 Å². The maximum Gasteiger partial charge on any atom is 0.294 e. The smallest absolute Gasteiger partial charge is 0.294 e. The summed E-state index contributed by atoms with van der Waals surface area (Å²) in [6.07, 6.45) is 1.65. The lowest BCUT2D eigenvalue weighted by Crippen LogP contribution is -2.21. The number of benzene rings is 1. The molecule has 0 atom stereocenters. The third-order valence-electron chi connectivity index (χ3n) is 3.30. The van der Waals surface area contributed by atoms with Gasteiger partial charge in [0.15, 0.2) is 0 Å². The fourth-order valence-corrected chi connectivity index (χ4v) is 2.33. The van der Waals surface area contributed by atoms with E-state index in [0.29, 0.717) is 11.3 Å². The molecule has 2 N–H and O–H groups in total. The second-order valence-electron chi connectivity index (χ2n) is 4.68. The summed E-state index contributed by atoms with van der Waals surface area (Å²) >= 11 is 0. The van der Waals surface area contributed by atoms with Crippen molar-refractivity contribution in [1.29, 1.82) is 0 Å². The molecule has 0 unspecified atom stereocenters. The molecule has 1 aromatic heterocycles. The Morgan fingerprint density at radius 2 is 2.05 bits per heavy atom. The first-order valence-corrected chi connectivity index (χ1v) is 6.30. The number of aromatic nitrogens is 2. The van der Waals surface area contributed by atoms with Crippen molar-refractivity contribution in [3.63, 3.8) is 0 Å². The number of nitrogens with zero attached hydrogens (tertiary/aromatic N) is 2. The van der Waals surface area contributed by atoms with Crippen LogP contribution < -0.4 is 11.3 Å². The summed E-state index contributed by atoms with van der Waals surface area (Å²) in [5, 5.41) is 0. The van der Waals surface area contributed by atoms with Crippen molar-refractivity contribution in [2.75, 3.05) is 5.73 Å². The predicted molar refractivity (Wildman–Crippen MR) is 74.1 cm³/mol. The number of hydrogen-bond donors (Lipinski definition) is 1. The van der Waals surface area contributed by atoms with Crippen LogP contribution in [-0.2, 0) is 13.5 Å². The lowest BCUT2D eigenvalue weighted by molar-refractivity contribution is 0.601. The molecule has 0 fully saturated rings. The third kappa shape index (κ3) is 2.16. The summed E-state index contributed by atoms with van der Waals surface area (Å²) in [6, 6.07) is 4.35. The van der Waals surface area contributed by atoms with Gasteiger partial charge in [0.05, 0.1) is 11.4 Å². The third-order valence-corrected chi connectivity index (χ3v) is 3.30. The molecule has 19 heavy (non-hydrogen) atoms. The molecule has 1 heterocycles. The highest BCUT2D eigenvalue weighted by Crippen LogP contribution is 2.17. The number of anilines is 1. The van der Waals surface area contributed by atoms with E-state index in [2.05, 4.69) is 0 Å². The molecular weight excluding hydrogens is 245 g/mol. The standard InChI is InChI=1S/C14H18FN3O/c1-4-5-12-13(16)14(19)18(17(12)3)11-7-6-10(15)8-9(11)2/h6-8H,4-5,16H2,1-3H3. The zero-order valence-corrected chi connectivity index (χ0v) is 11.4. The van der Waals surface area contributed by atoms with Gasteiger partial charge in [0, 0.05) is 7.05 Å². The highest BCUT2D eigenvalue weighted by molar-refractivity contribution is 5.48. The fraction of sp³-hybridized carbons (Fsp3) is 0.357. The Bertz CT molecular complexity index is 670. The van der Waals surface area contributed by atoms with Gasteiger partial charge < -0.3 is 5.73 Å². The number of rotatable bonds is 3. The van der Waals surface area contributed by atoms with Crippen LogP contribution in [0.15, 0.2) is 23.0 Å². The Labute approximate surface area is 111 Å². The number of halogens is 1. The van der Waals surface area contributed by atoms with E-state index in [9.17, 15) is 9.18 Å². The van der Waals surface area contributed by atoms with Crippen molar-refractivity contribution in [1.82, 2.24) is 9.36 Å². The quantitative estimate of drug-likeness (QED) is 0.922. The van der Waals surface area contributed by atoms with Crippen molar-refractivity contribution >= 4 is 5.69 Å². The van der Waals surface area contributed by atoms with Gasteiger partial charge in [-0.3, -0.25) is 9.48 Å². The maximum atomic E-state index is 13.2. The number of hydrogen-bond acceptors (Lipinski definition) is 2. The summed E-state index contributed by atoms with van der Waals surface area (Å²) in [5.41, 5.74) is 8.07. The molecule has 102 valence electrons. The maximum absolute atomic E-state index is 13.2. The first kappa shape index (κ1) is 13.4. The van der Waals surface area contributed by atoms with E-state index in [-0.39, 0.29) is 17.1 Å². The van der Waals surface area contributed by atoms with Gasteiger partial charge in [-0.05, 0) is 37.1 Å². The molecule has 5 heteroatoms. The van der Waals surface area contributed by atoms with Gasteiger partial charge in [0.2, 0.25) is 0 Å². The van der Waals surface area contributed by atoms with E-state index >= 15 is 0 Å². The first-order valence-electron chi connectivity index (χ1n) is 6.30. The lowest BCUT2D eigenvalue weighted by atomic mass is 10.2. The Morgan fingerprint density at radius 1 is 1.37 bits per heavy atom. The minimum absolute atomic E-state index is 0.249. The number of nitrogens with two attached hydrogens (primary N) is 1.